The number of hydrogen-bond acceptors (Lipinski definition) is 6. The zero-order valence-electron chi connectivity index (χ0n) is 16.7. The van der Waals surface area contributed by atoms with E-state index in [-0.39, 0.29) is 24.2 Å². The number of benzene rings is 1. The van der Waals surface area contributed by atoms with Gasteiger partial charge in [0.1, 0.15) is 11.4 Å². The predicted octanol–water partition coefficient (Wildman–Crippen LogP) is 2.67. The third-order valence-corrected chi connectivity index (χ3v) is 5.72. The van der Waals surface area contributed by atoms with Crippen LogP contribution in [0.1, 0.15) is 48.2 Å². The summed E-state index contributed by atoms with van der Waals surface area (Å²) in [5.41, 5.74) is -5.51. The molecule has 1 aromatic rings. The number of nitrogens with one attached hydrogen (secondary N) is 1. The Morgan fingerprint density at radius 2 is 1.83 bits per heavy atom. The van der Waals surface area contributed by atoms with Crippen molar-refractivity contribution in [2.45, 2.75) is 50.8 Å². The molecule has 2 aliphatic heterocycles. The van der Waals surface area contributed by atoms with Crippen molar-refractivity contribution in [3.63, 3.8) is 0 Å². The lowest BCUT2D eigenvalue weighted by atomic mass is 9.84. The first-order valence-electron chi connectivity index (χ1n) is 9.03. The van der Waals surface area contributed by atoms with E-state index in [0.717, 1.165) is 12.1 Å². The maximum atomic E-state index is 12.7. The summed E-state index contributed by atoms with van der Waals surface area (Å²) in [7, 11) is -5.86. The Kier molecular flexibility index (Phi) is 5.20. The maximum Gasteiger partial charge on any atom is 0.534 e. The first-order valence-corrected chi connectivity index (χ1v) is 10.4. The third-order valence-electron chi connectivity index (χ3n) is 4.74. The average molecular weight is 450 g/mol. The van der Waals surface area contributed by atoms with Gasteiger partial charge in [0.25, 0.3) is 5.91 Å². The van der Waals surface area contributed by atoms with Crippen LogP contribution in [0.5, 0.6) is 5.75 Å². The van der Waals surface area contributed by atoms with Crippen LogP contribution in [0, 0.1) is 6.92 Å². The fourth-order valence-electron chi connectivity index (χ4n) is 3.59. The van der Waals surface area contributed by atoms with Gasteiger partial charge in [0.15, 0.2) is 0 Å². The van der Waals surface area contributed by atoms with Crippen molar-refractivity contribution in [3.8, 4) is 5.75 Å². The van der Waals surface area contributed by atoms with Crippen LogP contribution in [0.15, 0.2) is 12.1 Å². The van der Waals surface area contributed by atoms with Gasteiger partial charge in [0.2, 0.25) is 0 Å². The Labute approximate surface area is 171 Å². The molecule has 1 fully saturated rings. The molecule has 0 spiro atoms. The molecule has 1 aromatic carbocycles. The summed E-state index contributed by atoms with van der Waals surface area (Å²) in [4.78, 5) is 26.3. The molecule has 0 aliphatic carbocycles. The van der Waals surface area contributed by atoms with Crippen molar-refractivity contribution < 1.29 is 40.1 Å². The quantitative estimate of drug-likeness (QED) is 0.549. The van der Waals surface area contributed by atoms with Crippen LogP contribution in [0.2, 0.25) is 0 Å². The summed E-state index contributed by atoms with van der Waals surface area (Å²) in [6.07, 6.45) is -0.587. The number of carbonyl (C=O) groups excluding carboxylic acids is 2. The van der Waals surface area contributed by atoms with Gasteiger partial charge >= 0.3 is 21.7 Å². The van der Waals surface area contributed by atoms with Gasteiger partial charge in [-0.2, -0.15) is 21.6 Å². The number of aryl methyl sites for hydroxylation is 1. The van der Waals surface area contributed by atoms with Crippen LogP contribution >= 0.6 is 0 Å². The molecule has 3 rings (SSSR count). The molecule has 2 aliphatic rings. The molecule has 30 heavy (non-hydrogen) atoms. The number of hydrogen-bond donors (Lipinski definition) is 1. The minimum atomic E-state index is -5.86. The Balaban J connectivity index is 1.94. The van der Waals surface area contributed by atoms with Crippen LogP contribution in [0.3, 0.4) is 0 Å². The Hall–Kier alpha value is -2.50. The van der Waals surface area contributed by atoms with E-state index in [0.29, 0.717) is 5.56 Å². The number of rotatable bonds is 2. The second-order valence-corrected chi connectivity index (χ2v) is 9.80. The van der Waals surface area contributed by atoms with Crippen molar-refractivity contribution in [2.24, 2.45) is 0 Å². The number of fused-ring (bicyclic) bond motifs is 3. The van der Waals surface area contributed by atoms with E-state index >= 15 is 0 Å². The fraction of sp³-hybridized carbons (Fsp3) is 0.556. The highest BCUT2D eigenvalue weighted by atomic mass is 32.2. The largest absolute Gasteiger partial charge is 0.534 e. The van der Waals surface area contributed by atoms with E-state index in [1.54, 1.807) is 20.8 Å². The molecule has 2 atom stereocenters. The van der Waals surface area contributed by atoms with Crippen molar-refractivity contribution in [2.75, 3.05) is 13.1 Å². The fourth-order valence-corrected chi connectivity index (χ4v) is 4.03. The predicted molar refractivity (Wildman–Crippen MR) is 98.6 cm³/mol. The molecule has 12 heteroatoms. The van der Waals surface area contributed by atoms with Crippen LogP contribution in [-0.2, 0) is 14.9 Å². The summed E-state index contributed by atoms with van der Waals surface area (Å²) in [6.45, 7) is 6.88. The molecule has 0 saturated carbocycles. The van der Waals surface area contributed by atoms with Gasteiger partial charge in [0.05, 0.1) is 6.04 Å². The lowest BCUT2D eigenvalue weighted by Crippen LogP contribution is -2.45. The molecule has 0 radical (unpaired) electrons. The van der Waals surface area contributed by atoms with Gasteiger partial charge in [-0.15, -0.1) is 0 Å². The van der Waals surface area contributed by atoms with E-state index in [1.165, 1.54) is 11.8 Å². The van der Waals surface area contributed by atoms with E-state index in [1.807, 2.05) is 0 Å². The molecule has 1 N–H and O–H groups in total. The lowest BCUT2D eigenvalue weighted by Gasteiger charge is -2.29. The van der Waals surface area contributed by atoms with Crippen molar-refractivity contribution in [3.05, 3.63) is 28.8 Å². The first kappa shape index (κ1) is 22.2. The zero-order chi connectivity index (χ0) is 22.6. The van der Waals surface area contributed by atoms with Gasteiger partial charge in [-0.25, -0.2) is 4.79 Å². The molecule has 2 amide bonds. The van der Waals surface area contributed by atoms with E-state index in [4.69, 9.17) is 4.74 Å². The highest BCUT2D eigenvalue weighted by Gasteiger charge is 2.49. The monoisotopic (exact) mass is 450 g/mol. The van der Waals surface area contributed by atoms with Crippen molar-refractivity contribution >= 4 is 22.1 Å². The smallest absolute Gasteiger partial charge is 0.444 e. The van der Waals surface area contributed by atoms with Crippen molar-refractivity contribution in [1.82, 2.24) is 10.2 Å². The summed E-state index contributed by atoms with van der Waals surface area (Å²) < 4.78 is 70.4. The molecule has 2 unspecified atom stereocenters. The van der Waals surface area contributed by atoms with Crippen LogP contribution in [0.4, 0.5) is 18.0 Å². The van der Waals surface area contributed by atoms with Crippen LogP contribution in [-0.4, -0.2) is 55.6 Å². The molecular formula is C18H21F3N2O6S. The summed E-state index contributed by atoms with van der Waals surface area (Å²) in [6, 6.07) is 1.68. The second kappa shape index (κ2) is 7.03. The van der Waals surface area contributed by atoms with Gasteiger partial charge in [0, 0.05) is 24.6 Å². The van der Waals surface area contributed by atoms with Gasteiger partial charge < -0.3 is 19.1 Å². The zero-order valence-corrected chi connectivity index (χ0v) is 17.5. The average Bonchev–Trinajstić information content (AvgIpc) is 2.95. The molecule has 2 heterocycles. The summed E-state index contributed by atoms with van der Waals surface area (Å²) in [5.74, 6) is -1.46. The molecular weight excluding hydrogens is 429 g/mol. The number of ether oxygens (including phenoxy) is 1. The SMILES string of the molecule is Cc1cc(OS(=O)(=O)C(F)(F)F)cc2c1C(=O)NC1CN(C(=O)OC(C)(C)C)CC21. The number of carbonyl (C=O) groups is 2. The normalized spacial score (nSPS) is 21.6. The second-order valence-electron chi connectivity index (χ2n) is 8.26. The summed E-state index contributed by atoms with van der Waals surface area (Å²) in [5, 5.41) is 2.79. The molecule has 8 nitrogen and oxygen atoms in total. The maximum absolute atomic E-state index is 12.7. The molecule has 166 valence electrons. The van der Waals surface area contributed by atoms with E-state index in [9.17, 15) is 31.2 Å². The molecule has 0 bridgehead atoms. The Bertz CT molecular complexity index is 1000. The van der Waals surface area contributed by atoms with Crippen LogP contribution in [0.25, 0.3) is 0 Å². The molecule has 1 saturated heterocycles. The Morgan fingerprint density at radius 1 is 1.20 bits per heavy atom. The van der Waals surface area contributed by atoms with E-state index < -0.39 is 50.9 Å². The topological polar surface area (TPSA) is 102 Å². The highest BCUT2D eigenvalue weighted by molar-refractivity contribution is 7.88. The van der Waals surface area contributed by atoms with Gasteiger partial charge in [-0.3, -0.25) is 4.79 Å². The Morgan fingerprint density at radius 3 is 2.40 bits per heavy atom. The molecule has 0 aromatic heterocycles. The van der Waals surface area contributed by atoms with Gasteiger partial charge in [-0.05, 0) is 51.0 Å². The highest BCUT2D eigenvalue weighted by Crippen LogP contribution is 2.39. The summed E-state index contributed by atoms with van der Waals surface area (Å²) >= 11 is 0. The number of likely N-dealkylation sites (tertiary alicyclic amines) is 1. The lowest BCUT2D eigenvalue weighted by molar-refractivity contribution is -0.0500. The number of alkyl halides is 3. The van der Waals surface area contributed by atoms with Gasteiger partial charge in [-0.1, -0.05) is 0 Å². The van der Waals surface area contributed by atoms with Crippen LogP contribution < -0.4 is 9.50 Å². The first-order chi connectivity index (χ1) is 13.6. The minimum Gasteiger partial charge on any atom is -0.444 e. The number of amides is 2. The standard InChI is InChI=1S/C18H21F3N2O6S/c1-9-5-10(29-30(26,27)18(19,20)21)6-11-12-7-23(16(25)28-17(2,3)4)8-13(12)22-15(24)14(9)11/h5-6,12-13H,7-8H2,1-4H3,(H,22,24). The van der Waals surface area contributed by atoms with E-state index in [2.05, 4.69) is 9.50 Å². The minimum absolute atomic E-state index is 0.141. The van der Waals surface area contributed by atoms with Crippen molar-refractivity contribution in [1.29, 1.82) is 0 Å². The third kappa shape index (κ3) is 4.18. The number of halogens is 3. The number of nitrogens with zero attached hydrogens (tertiary/aromatic N) is 1.